The molecule has 33 heavy (non-hydrogen) atoms. The van der Waals surface area contributed by atoms with Crippen LogP contribution in [0.3, 0.4) is 0 Å². The van der Waals surface area contributed by atoms with Gasteiger partial charge in [-0.15, -0.1) is 9.53 Å². The number of nitrogens with one attached hydrogen (secondary N) is 1. The van der Waals surface area contributed by atoms with Crippen molar-refractivity contribution in [3.8, 4) is 11.8 Å². The van der Waals surface area contributed by atoms with Crippen molar-refractivity contribution in [2.24, 2.45) is 0 Å². The number of nitrogens with two attached hydrogens (primary N) is 1. The van der Waals surface area contributed by atoms with Gasteiger partial charge in [0.15, 0.2) is 11.5 Å². The van der Waals surface area contributed by atoms with Gasteiger partial charge in [0.05, 0.1) is 21.8 Å². The molecule has 7 nitrogen and oxygen atoms in total. The van der Waals surface area contributed by atoms with Crippen LogP contribution in [0.5, 0.6) is 0 Å². The van der Waals surface area contributed by atoms with Crippen LogP contribution in [-0.4, -0.2) is 30.0 Å². The molecule has 0 amide bonds. The molecule has 0 saturated heterocycles. The maximum atomic E-state index is 15.0. The Morgan fingerprint density at radius 2 is 1.76 bits per heavy atom. The molecule has 0 spiro atoms. The predicted octanol–water partition coefficient (Wildman–Crippen LogP) is 4.11. The highest BCUT2D eigenvalue weighted by Crippen LogP contribution is 2.41. The van der Waals surface area contributed by atoms with E-state index in [1.807, 2.05) is 4.72 Å². The monoisotopic (exact) mass is 505 g/mol. The molecule has 4 N–H and O–H groups in total. The molecule has 0 radical (unpaired) electrons. The van der Waals surface area contributed by atoms with Crippen LogP contribution in [0.2, 0.25) is 5.02 Å². The number of halogens is 6. The average molecular weight is 506 g/mol. The number of hydrogen-bond acceptors (Lipinski definition) is 5. The lowest BCUT2D eigenvalue weighted by atomic mass is 10.1. The average Bonchev–Trinajstić information content (AvgIpc) is 2.70. The predicted molar refractivity (Wildman–Crippen MR) is 112 cm³/mol. The van der Waals surface area contributed by atoms with Gasteiger partial charge in [0.1, 0.15) is 10.7 Å². The summed E-state index contributed by atoms with van der Waals surface area (Å²) in [6.07, 6.45) is -1.58. The first-order chi connectivity index (χ1) is 15.2. The smallest absolute Gasteiger partial charge is 0.368 e. The van der Waals surface area contributed by atoms with E-state index in [1.54, 1.807) is 0 Å². The first-order valence-electron chi connectivity index (χ1n) is 8.64. The number of rotatable bonds is 3. The van der Waals surface area contributed by atoms with Crippen molar-refractivity contribution in [3.63, 3.8) is 0 Å². The summed E-state index contributed by atoms with van der Waals surface area (Å²) in [7, 11) is -5.68. The van der Waals surface area contributed by atoms with Gasteiger partial charge in [0.2, 0.25) is 5.95 Å². The molecular formula is C19H13ClF5N5O2S. The number of pyridine rings is 1. The van der Waals surface area contributed by atoms with E-state index in [-0.39, 0.29) is 16.5 Å². The van der Waals surface area contributed by atoms with Gasteiger partial charge in [-0.25, -0.2) is 23.7 Å². The second-order valence-electron chi connectivity index (χ2n) is 6.75. The van der Waals surface area contributed by atoms with Crippen LogP contribution < -0.4 is 10.5 Å². The summed E-state index contributed by atoms with van der Waals surface area (Å²) in [5.74, 6) is 1.99. The summed E-state index contributed by atoms with van der Waals surface area (Å²) in [6, 6.07) is 2.04. The summed E-state index contributed by atoms with van der Waals surface area (Å²) in [5.41, 5.74) is 2.18. The topological polar surface area (TPSA) is 114 Å². The zero-order valence-corrected chi connectivity index (χ0v) is 18.0. The largest absolute Gasteiger partial charge is 0.435 e. The third-order valence-corrected chi connectivity index (χ3v) is 6.31. The minimum absolute atomic E-state index is 0.0512. The summed E-state index contributed by atoms with van der Waals surface area (Å²) >= 11 is 5.67. The number of hydrogen-bond donors (Lipinski definition) is 3. The van der Waals surface area contributed by atoms with E-state index in [4.69, 9.17) is 17.3 Å². The summed E-state index contributed by atoms with van der Waals surface area (Å²) < 4.78 is 95.1. The molecule has 0 bridgehead atoms. The molecule has 174 valence electrons. The fraction of sp³-hybridized carbons (Fsp3) is 0.105. The van der Waals surface area contributed by atoms with Crippen molar-refractivity contribution in [1.29, 1.82) is 0 Å². The van der Waals surface area contributed by atoms with Crippen molar-refractivity contribution in [2.75, 3.05) is 16.7 Å². The highest BCUT2D eigenvalue weighted by molar-refractivity contribution is 8.15. The Hall–Kier alpha value is -3.34. The molecule has 0 aliphatic carbocycles. The molecule has 3 aromatic rings. The van der Waals surface area contributed by atoms with Crippen molar-refractivity contribution < 1.29 is 30.7 Å². The third kappa shape index (κ3) is 5.36. The van der Waals surface area contributed by atoms with Crippen molar-refractivity contribution >= 4 is 32.8 Å². The van der Waals surface area contributed by atoms with Crippen LogP contribution in [0.25, 0.3) is 0 Å². The first kappa shape index (κ1) is 24.3. The maximum Gasteiger partial charge on any atom is 0.435 e. The fourth-order valence-electron chi connectivity index (χ4n) is 2.60. The number of aromatic nitrogens is 3. The Labute approximate surface area is 188 Å². The molecule has 14 heteroatoms. The molecule has 2 aromatic heterocycles. The van der Waals surface area contributed by atoms with Crippen LogP contribution in [-0.2, 0) is 15.7 Å². The zero-order chi connectivity index (χ0) is 24.6. The Morgan fingerprint density at radius 3 is 2.36 bits per heavy atom. The summed E-state index contributed by atoms with van der Waals surface area (Å²) in [6.45, 7) is 0. The number of nitrogen functional groups attached to an aromatic ring is 1. The molecule has 2 heterocycles. The second-order valence-corrected chi connectivity index (χ2v) is 10.4. The van der Waals surface area contributed by atoms with E-state index in [2.05, 4.69) is 26.8 Å². The molecule has 0 saturated carbocycles. The van der Waals surface area contributed by atoms with Gasteiger partial charge >= 0.3 is 6.18 Å². The van der Waals surface area contributed by atoms with Gasteiger partial charge in [-0.05, 0) is 18.2 Å². The van der Waals surface area contributed by atoms with E-state index in [0.29, 0.717) is 18.5 Å². The maximum absolute atomic E-state index is 15.0. The Balaban J connectivity index is 2.09. The van der Waals surface area contributed by atoms with Crippen LogP contribution in [0.4, 0.5) is 33.6 Å². The zero-order valence-electron chi connectivity index (χ0n) is 16.4. The standard InChI is InChI=1S/C19H13ClF5N5O2S/c1-33(31,32,15-6-11(20)9-27-17(15)19(23,24)25)30-14-5-4-13(21)12(16(14)22)3-2-10-7-28-18(26)29-8-10/h4-9H,1H3,(H2,26,28,29)(H2,30,31,32). The Morgan fingerprint density at radius 1 is 1.12 bits per heavy atom. The van der Waals surface area contributed by atoms with Gasteiger partial charge < -0.3 is 5.73 Å². The van der Waals surface area contributed by atoms with Crippen molar-refractivity contribution in [3.05, 3.63) is 70.3 Å². The molecule has 0 atom stereocenters. The minimum Gasteiger partial charge on any atom is -0.368 e. The van der Waals surface area contributed by atoms with Crippen molar-refractivity contribution in [1.82, 2.24) is 15.0 Å². The van der Waals surface area contributed by atoms with Gasteiger partial charge in [0.25, 0.3) is 0 Å². The first-order valence-corrected chi connectivity index (χ1v) is 11.3. The highest BCUT2D eigenvalue weighted by atomic mass is 35.5. The number of benzene rings is 1. The van der Waals surface area contributed by atoms with E-state index < -0.39 is 49.2 Å². The lowest BCUT2D eigenvalue weighted by Gasteiger charge is -2.41. The quantitative estimate of drug-likeness (QED) is 0.364. The molecule has 1 aromatic carbocycles. The number of nitrogens with zero attached hydrogens (tertiary/aromatic N) is 3. The normalized spacial score (nSPS) is 12.9. The van der Waals surface area contributed by atoms with Crippen LogP contribution >= 0.6 is 11.6 Å². The highest BCUT2D eigenvalue weighted by Gasteiger charge is 2.42. The van der Waals surface area contributed by atoms with E-state index >= 15 is 0 Å². The Kier molecular flexibility index (Phi) is 6.05. The number of anilines is 2. The van der Waals surface area contributed by atoms with Crippen LogP contribution in [0, 0.1) is 23.5 Å². The molecule has 0 fully saturated rings. The SMILES string of the molecule is CS(=O)(O)(Nc1ccc(F)c(C#Cc2cnc(N)nc2)c1F)c1cc(Cl)cnc1C(F)(F)F. The van der Waals surface area contributed by atoms with Crippen LogP contribution in [0.15, 0.2) is 41.7 Å². The fourth-order valence-corrected chi connectivity index (χ4v) is 4.63. The van der Waals surface area contributed by atoms with Gasteiger partial charge in [0, 0.05) is 24.8 Å². The van der Waals surface area contributed by atoms with Gasteiger partial charge in [-0.1, -0.05) is 23.4 Å². The number of alkyl halides is 3. The van der Waals surface area contributed by atoms with Gasteiger partial charge in [-0.2, -0.15) is 17.4 Å². The van der Waals surface area contributed by atoms with Crippen LogP contribution in [0.1, 0.15) is 16.8 Å². The minimum atomic E-state index is -5.68. The Bertz CT molecular complexity index is 1360. The summed E-state index contributed by atoms with van der Waals surface area (Å²) in [4.78, 5) is 9.21. The molecule has 0 aliphatic heterocycles. The van der Waals surface area contributed by atoms with E-state index in [1.165, 1.54) is 12.4 Å². The third-order valence-electron chi connectivity index (χ3n) is 4.05. The lowest BCUT2D eigenvalue weighted by Crippen LogP contribution is -2.41. The molecule has 0 aliphatic rings. The van der Waals surface area contributed by atoms with E-state index in [9.17, 15) is 30.7 Å². The second kappa shape index (κ2) is 8.22. The van der Waals surface area contributed by atoms with Crippen molar-refractivity contribution in [2.45, 2.75) is 11.1 Å². The molecule has 3 rings (SSSR count). The molecular weight excluding hydrogens is 493 g/mol. The van der Waals surface area contributed by atoms with E-state index in [0.717, 1.165) is 12.1 Å². The summed E-state index contributed by atoms with van der Waals surface area (Å²) in [5, 5.41) is -0.369. The lowest BCUT2D eigenvalue weighted by molar-refractivity contribution is -0.143. The van der Waals surface area contributed by atoms with Gasteiger partial charge in [-0.3, -0.25) is 9.27 Å². The molecule has 0 unspecified atom stereocenters.